The van der Waals surface area contributed by atoms with Crippen molar-refractivity contribution in [1.82, 2.24) is 10.2 Å². The first-order valence-electron chi connectivity index (χ1n) is 9.53. The zero-order valence-electron chi connectivity index (χ0n) is 15.7. The Hall–Kier alpha value is -2.69. The second-order valence-electron chi connectivity index (χ2n) is 6.84. The van der Waals surface area contributed by atoms with Crippen molar-refractivity contribution in [2.45, 2.75) is 31.7 Å². The van der Waals surface area contributed by atoms with Crippen molar-refractivity contribution in [2.75, 3.05) is 25.0 Å². The van der Waals surface area contributed by atoms with Gasteiger partial charge >= 0.3 is 11.8 Å². The van der Waals surface area contributed by atoms with Gasteiger partial charge in [-0.2, -0.15) is 16.6 Å². The van der Waals surface area contributed by atoms with Crippen LogP contribution in [0.3, 0.4) is 0 Å². The lowest BCUT2D eigenvalue weighted by molar-refractivity contribution is -0.136. The monoisotopic (exact) mass is 396 g/mol. The van der Waals surface area contributed by atoms with Crippen LogP contribution in [0.5, 0.6) is 0 Å². The van der Waals surface area contributed by atoms with Gasteiger partial charge in [-0.05, 0) is 60.5 Å². The first kappa shape index (κ1) is 20.1. The van der Waals surface area contributed by atoms with Crippen molar-refractivity contribution in [1.29, 1.82) is 5.26 Å². The van der Waals surface area contributed by atoms with Crippen molar-refractivity contribution in [2.24, 2.45) is 0 Å². The first-order chi connectivity index (χ1) is 13.7. The third kappa shape index (κ3) is 5.18. The van der Waals surface area contributed by atoms with Crippen molar-refractivity contribution < 1.29 is 9.59 Å². The largest absolute Gasteiger partial charge is 0.346 e. The van der Waals surface area contributed by atoms with Gasteiger partial charge in [0.2, 0.25) is 0 Å². The number of rotatable bonds is 5. The molecule has 1 fully saturated rings. The molecule has 3 rings (SSSR count). The molecule has 1 aliphatic heterocycles. The number of thiophene rings is 1. The normalized spacial score (nSPS) is 15.8. The molecule has 1 aliphatic rings. The van der Waals surface area contributed by atoms with E-state index in [9.17, 15) is 9.59 Å². The minimum Gasteiger partial charge on any atom is -0.346 e. The number of carbonyl (C=O) groups is 2. The van der Waals surface area contributed by atoms with Gasteiger partial charge in [0.05, 0.1) is 17.3 Å². The van der Waals surface area contributed by atoms with E-state index in [-0.39, 0.29) is 6.04 Å². The maximum atomic E-state index is 12.3. The van der Waals surface area contributed by atoms with E-state index in [0.717, 1.165) is 25.9 Å². The second-order valence-corrected chi connectivity index (χ2v) is 7.62. The maximum absolute atomic E-state index is 12.3. The minimum absolute atomic E-state index is 0.0625. The summed E-state index contributed by atoms with van der Waals surface area (Å²) >= 11 is 1.63. The average molecular weight is 397 g/mol. The molecule has 7 heteroatoms. The van der Waals surface area contributed by atoms with Crippen LogP contribution in [0.4, 0.5) is 5.69 Å². The molecule has 2 heterocycles. The van der Waals surface area contributed by atoms with Crippen molar-refractivity contribution in [3.8, 4) is 6.07 Å². The van der Waals surface area contributed by atoms with Crippen LogP contribution >= 0.6 is 11.3 Å². The van der Waals surface area contributed by atoms with E-state index >= 15 is 0 Å². The third-order valence-corrected chi connectivity index (χ3v) is 5.67. The predicted octanol–water partition coefficient (Wildman–Crippen LogP) is 3.29. The highest BCUT2D eigenvalue weighted by molar-refractivity contribution is 7.08. The molecule has 28 heavy (non-hydrogen) atoms. The maximum Gasteiger partial charge on any atom is 0.313 e. The number of anilines is 1. The van der Waals surface area contributed by atoms with Crippen LogP contribution < -0.4 is 10.6 Å². The number of hydrogen-bond acceptors (Lipinski definition) is 5. The van der Waals surface area contributed by atoms with Crippen LogP contribution in [0.1, 0.15) is 42.9 Å². The summed E-state index contributed by atoms with van der Waals surface area (Å²) in [6.45, 7) is 2.37. The fourth-order valence-corrected chi connectivity index (χ4v) is 4.17. The molecule has 0 spiro atoms. The van der Waals surface area contributed by atoms with Crippen molar-refractivity contribution in [3.05, 3.63) is 52.2 Å². The van der Waals surface area contributed by atoms with Gasteiger partial charge in [0.1, 0.15) is 6.07 Å². The standard InChI is InChI=1S/C21H24N4O2S/c22-13-16-7-3-4-8-18(16)24-21(27)20(26)23-14-19(17-9-12-28-15-17)25-10-5-1-2-6-11-25/h3-4,7-9,12,15,19H,1-2,5-6,10-11,14H2,(H,23,26)(H,24,27). The molecule has 2 N–H and O–H groups in total. The van der Waals surface area contributed by atoms with E-state index in [0.29, 0.717) is 17.8 Å². The van der Waals surface area contributed by atoms with Gasteiger partial charge < -0.3 is 10.6 Å². The molecule has 1 unspecified atom stereocenters. The van der Waals surface area contributed by atoms with Gasteiger partial charge in [0.25, 0.3) is 0 Å². The Balaban J connectivity index is 1.63. The molecular weight excluding hydrogens is 372 g/mol. The van der Waals surface area contributed by atoms with E-state index in [4.69, 9.17) is 5.26 Å². The Morgan fingerprint density at radius 3 is 2.54 bits per heavy atom. The zero-order chi connectivity index (χ0) is 19.8. The SMILES string of the molecule is N#Cc1ccccc1NC(=O)C(=O)NCC(c1ccsc1)N1CCCCCC1. The lowest BCUT2D eigenvalue weighted by Gasteiger charge is -2.30. The molecule has 1 saturated heterocycles. The fourth-order valence-electron chi connectivity index (χ4n) is 3.47. The number of nitriles is 1. The van der Waals surface area contributed by atoms with Crippen LogP contribution in [-0.2, 0) is 9.59 Å². The van der Waals surface area contributed by atoms with Gasteiger partial charge in [-0.3, -0.25) is 14.5 Å². The van der Waals surface area contributed by atoms with Gasteiger partial charge in [-0.25, -0.2) is 0 Å². The Morgan fingerprint density at radius 1 is 1.11 bits per heavy atom. The highest BCUT2D eigenvalue weighted by Gasteiger charge is 2.24. The molecule has 0 bridgehead atoms. The summed E-state index contributed by atoms with van der Waals surface area (Å²) in [6, 6.07) is 10.8. The lowest BCUT2D eigenvalue weighted by Crippen LogP contribution is -2.42. The summed E-state index contributed by atoms with van der Waals surface area (Å²) in [7, 11) is 0. The molecule has 2 amide bonds. The Kier molecular flexibility index (Phi) is 7.18. The molecule has 1 aromatic carbocycles. The van der Waals surface area contributed by atoms with Crippen LogP contribution in [-0.4, -0.2) is 36.3 Å². The Bertz CT molecular complexity index is 836. The topological polar surface area (TPSA) is 85.2 Å². The molecule has 146 valence electrons. The summed E-state index contributed by atoms with van der Waals surface area (Å²) in [5.41, 5.74) is 1.83. The zero-order valence-corrected chi connectivity index (χ0v) is 16.5. The van der Waals surface area contributed by atoms with E-state index in [1.54, 1.807) is 35.6 Å². The molecule has 0 saturated carbocycles. The number of nitrogens with zero attached hydrogens (tertiary/aromatic N) is 2. The van der Waals surface area contributed by atoms with Gasteiger partial charge in [0, 0.05) is 6.54 Å². The minimum atomic E-state index is -0.761. The van der Waals surface area contributed by atoms with Crippen LogP contribution in [0, 0.1) is 11.3 Å². The summed E-state index contributed by atoms with van der Waals surface area (Å²) in [5, 5.41) is 18.5. The van der Waals surface area contributed by atoms with Gasteiger partial charge in [-0.1, -0.05) is 25.0 Å². The van der Waals surface area contributed by atoms with Gasteiger partial charge in [-0.15, -0.1) is 0 Å². The van der Waals surface area contributed by atoms with Crippen LogP contribution in [0.2, 0.25) is 0 Å². The van der Waals surface area contributed by atoms with Crippen molar-refractivity contribution >= 4 is 28.8 Å². The second kappa shape index (κ2) is 10.0. The number of hydrogen-bond donors (Lipinski definition) is 2. The van der Waals surface area contributed by atoms with E-state index in [1.165, 1.54) is 18.4 Å². The molecule has 0 aliphatic carbocycles. The summed E-state index contributed by atoms with van der Waals surface area (Å²) in [5.74, 6) is -1.45. The molecule has 6 nitrogen and oxygen atoms in total. The highest BCUT2D eigenvalue weighted by Crippen LogP contribution is 2.25. The number of amides is 2. The number of carbonyl (C=O) groups excluding carboxylic acids is 2. The highest BCUT2D eigenvalue weighted by atomic mass is 32.1. The number of para-hydroxylation sites is 1. The first-order valence-corrected chi connectivity index (χ1v) is 10.5. The summed E-state index contributed by atoms with van der Waals surface area (Å²) in [6.07, 6.45) is 4.78. The van der Waals surface area contributed by atoms with Crippen LogP contribution in [0.15, 0.2) is 41.1 Å². The molecule has 1 atom stereocenters. The van der Waals surface area contributed by atoms with Crippen LogP contribution in [0.25, 0.3) is 0 Å². The quantitative estimate of drug-likeness (QED) is 0.760. The Morgan fingerprint density at radius 2 is 1.86 bits per heavy atom. The Labute approximate surface area is 169 Å². The molecular formula is C21H24N4O2S. The number of likely N-dealkylation sites (tertiary alicyclic amines) is 1. The van der Waals surface area contributed by atoms with Gasteiger partial charge in [0.15, 0.2) is 0 Å². The predicted molar refractivity (Wildman–Crippen MR) is 110 cm³/mol. The fraction of sp³-hybridized carbons (Fsp3) is 0.381. The molecule has 1 aromatic heterocycles. The lowest BCUT2D eigenvalue weighted by atomic mass is 10.1. The van der Waals surface area contributed by atoms with Crippen molar-refractivity contribution in [3.63, 3.8) is 0 Å². The third-order valence-electron chi connectivity index (χ3n) is 4.97. The average Bonchev–Trinajstić information content (AvgIpc) is 3.11. The molecule has 2 aromatic rings. The van der Waals surface area contributed by atoms with E-state index in [2.05, 4.69) is 27.0 Å². The number of nitrogens with one attached hydrogen (secondary N) is 2. The summed E-state index contributed by atoms with van der Waals surface area (Å²) in [4.78, 5) is 27.0. The number of benzene rings is 1. The molecule has 0 radical (unpaired) electrons. The van der Waals surface area contributed by atoms with E-state index in [1.807, 2.05) is 11.4 Å². The van der Waals surface area contributed by atoms with E-state index < -0.39 is 11.8 Å². The smallest absolute Gasteiger partial charge is 0.313 e. The summed E-state index contributed by atoms with van der Waals surface area (Å²) < 4.78 is 0.